The van der Waals surface area contributed by atoms with Gasteiger partial charge in [-0.3, -0.25) is 4.79 Å². The van der Waals surface area contributed by atoms with E-state index in [0.717, 1.165) is 23.5 Å². The molecule has 0 heterocycles. The Balaban J connectivity index is 1.76. The van der Waals surface area contributed by atoms with Gasteiger partial charge >= 0.3 is 0 Å². The lowest BCUT2D eigenvalue weighted by molar-refractivity contribution is -0.127. The molecule has 0 aliphatic rings. The van der Waals surface area contributed by atoms with Gasteiger partial charge < -0.3 is 14.8 Å². The Morgan fingerprint density at radius 2 is 1.88 bits per heavy atom. The maximum atomic E-state index is 12.2. The number of nitrogens with one attached hydrogen (secondary N) is 1. The van der Waals surface area contributed by atoms with Gasteiger partial charge in [-0.05, 0) is 62.1 Å². The highest BCUT2D eigenvalue weighted by Gasteiger charge is 2.15. The fraction of sp³-hybridized carbons (Fsp3) is 0.381. The lowest BCUT2D eigenvalue weighted by Crippen LogP contribution is -2.38. The van der Waals surface area contributed by atoms with Crippen molar-refractivity contribution in [3.8, 4) is 11.5 Å². The summed E-state index contributed by atoms with van der Waals surface area (Å²) in [6.45, 7) is 8.80. The summed E-state index contributed by atoms with van der Waals surface area (Å²) in [5.41, 5.74) is 3.53. The zero-order valence-electron chi connectivity index (χ0n) is 15.5. The predicted octanol–water partition coefficient (Wildman–Crippen LogP) is 3.83. The van der Waals surface area contributed by atoms with Crippen LogP contribution in [0, 0.1) is 13.8 Å². The van der Waals surface area contributed by atoms with E-state index in [1.807, 2.05) is 42.5 Å². The number of hydrogen-bond acceptors (Lipinski definition) is 3. The SMILES string of the molecule is CCc1ccccc1O[C@H](C)C(=O)NCCOc1ccc(C)c(C)c1. The van der Waals surface area contributed by atoms with Gasteiger partial charge in [-0.1, -0.05) is 31.2 Å². The third kappa shape index (κ3) is 5.52. The Labute approximate surface area is 150 Å². The van der Waals surface area contributed by atoms with Crippen molar-refractivity contribution in [3.05, 3.63) is 59.2 Å². The van der Waals surface area contributed by atoms with E-state index in [0.29, 0.717) is 13.2 Å². The molecule has 0 saturated heterocycles. The number of aryl methyl sites for hydroxylation is 3. The van der Waals surface area contributed by atoms with E-state index in [1.54, 1.807) is 6.92 Å². The number of ether oxygens (including phenoxy) is 2. The lowest BCUT2D eigenvalue weighted by atomic mass is 10.1. The molecule has 0 unspecified atom stereocenters. The third-order valence-corrected chi connectivity index (χ3v) is 4.17. The van der Waals surface area contributed by atoms with E-state index in [1.165, 1.54) is 11.1 Å². The number of para-hydroxylation sites is 1. The van der Waals surface area contributed by atoms with Gasteiger partial charge in [0.1, 0.15) is 18.1 Å². The summed E-state index contributed by atoms with van der Waals surface area (Å²) in [6.07, 6.45) is 0.322. The fourth-order valence-corrected chi connectivity index (χ4v) is 2.45. The van der Waals surface area contributed by atoms with E-state index < -0.39 is 6.10 Å². The van der Waals surface area contributed by atoms with Crippen molar-refractivity contribution in [3.63, 3.8) is 0 Å². The van der Waals surface area contributed by atoms with Crippen molar-refractivity contribution < 1.29 is 14.3 Å². The van der Waals surface area contributed by atoms with Gasteiger partial charge in [-0.15, -0.1) is 0 Å². The molecule has 0 bridgehead atoms. The third-order valence-electron chi connectivity index (χ3n) is 4.17. The standard InChI is InChI=1S/C21H27NO3/c1-5-18-8-6-7-9-20(18)25-17(4)21(23)22-12-13-24-19-11-10-15(2)16(3)14-19/h6-11,14,17H,5,12-13H2,1-4H3,(H,22,23)/t17-/m1/s1. The van der Waals surface area contributed by atoms with Gasteiger partial charge in [-0.2, -0.15) is 0 Å². The number of benzene rings is 2. The van der Waals surface area contributed by atoms with Crippen LogP contribution in [0.15, 0.2) is 42.5 Å². The average Bonchev–Trinajstić information content (AvgIpc) is 2.61. The molecule has 25 heavy (non-hydrogen) atoms. The summed E-state index contributed by atoms with van der Waals surface area (Å²) >= 11 is 0. The highest BCUT2D eigenvalue weighted by atomic mass is 16.5. The van der Waals surface area contributed by atoms with Gasteiger partial charge in [-0.25, -0.2) is 0 Å². The molecule has 1 atom stereocenters. The van der Waals surface area contributed by atoms with Gasteiger partial charge in [0.05, 0.1) is 6.54 Å². The zero-order chi connectivity index (χ0) is 18.2. The minimum atomic E-state index is -0.547. The summed E-state index contributed by atoms with van der Waals surface area (Å²) < 4.78 is 11.5. The molecule has 1 N–H and O–H groups in total. The predicted molar refractivity (Wildman–Crippen MR) is 100 cm³/mol. The zero-order valence-corrected chi connectivity index (χ0v) is 15.5. The summed E-state index contributed by atoms with van der Waals surface area (Å²) in [5, 5.41) is 2.85. The van der Waals surface area contributed by atoms with E-state index in [9.17, 15) is 4.79 Å². The average molecular weight is 341 g/mol. The Bertz CT molecular complexity index is 712. The molecule has 134 valence electrons. The van der Waals surface area contributed by atoms with Gasteiger partial charge in [0.25, 0.3) is 5.91 Å². The number of amides is 1. The Morgan fingerprint density at radius 3 is 2.60 bits per heavy atom. The molecule has 0 saturated carbocycles. The summed E-state index contributed by atoms with van der Waals surface area (Å²) in [6, 6.07) is 13.8. The molecule has 0 aliphatic heterocycles. The smallest absolute Gasteiger partial charge is 0.260 e. The van der Waals surface area contributed by atoms with Gasteiger partial charge in [0, 0.05) is 0 Å². The normalized spacial score (nSPS) is 11.7. The first-order valence-corrected chi connectivity index (χ1v) is 8.73. The Hall–Kier alpha value is -2.49. The van der Waals surface area contributed by atoms with Crippen LogP contribution >= 0.6 is 0 Å². The van der Waals surface area contributed by atoms with Crippen molar-refractivity contribution in [2.75, 3.05) is 13.2 Å². The van der Waals surface area contributed by atoms with Crippen molar-refractivity contribution >= 4 is 5.91 Å². The number of hydrogen-bond donors (Lipinski definition) is 1. The van der Waals surface area contributed by atoms with Crippen LogP contribution in [-0.4, -0.2) is 25.2 Å². The second kappa shape index (κ2) is 9.11. The van der Waals surface area contributed by atoms with Gasteiger partial charge in [0.15, 0.2) is 6.10 Å². The maximum Gasteiger partial charge on any atom is 0.260 e. The maximum absolute atomic E-state index is 12.2. The number of carbonyl (C=O) groups is 1. The summed E-state index contributed by atoms with van der Waals surface area (Å²) in [7, 11) is 0. The van der Waals surface area contributed by atoms with Crippen molar-refractivity contribution in [2.45, 2.75) is 40.2 Å². The minimum absolute atomic E-state index is 0.144. The largest absolute Gasteiger partial charge is 0.492 e. The quantitative estimate of drug-likeness (QED) is 0.742. The van der Waals surface area contributed by atoms with E-state index >= 15 is 0 Å². The second-order valence-electron chi connectivity index (χ2n) is 6.11. The molecule has 0 radical (unpaired) electrons. The molecule has 4 nitrogen and oxygen atoms in total. The van der Waals surface area contributed by atoms with Crippen LogP contribution in [0.25, 0.3) is 0 Å². The van der Waals surface area contributed by atoms with E-state index in [4.69, 9.17) is 9.47 Å². The molecule has 0 spiro atoms. The second-order valence-corrected chi connectivity index (χ2v) is 6.11. The highest BCUT2D eigenvalue weighted by Crippen LogP contribution is 2.19. The van der Waals surface area contributed by atoms with Crippen LogP contribution in [0.2, 0.25) is 0 Å². The highest BCUT2D eigenvalue weighted by molar-refractivity contribution is 5.80. The van der Waals surface area contributed by atoms with Gasteiger partial charge in [0.2, 0.25) is 0 Å². The van der Waals surface area contributed by atoms with E-state index in [2.05, 4.69) is 26.1 Å². The van der Waals surface area contributed by atoms with Crippen molar-refractivity contribution in [1.29, 1.82) is 0 Å². The number of rotatable bonds is 8. The van der Waals surface area contributed by atoms with Crippen LogP contribution in [0.5, 0.6) is 11.5 Å². The Kier molecular flexibility index (Phi) is 6.87. The minimum Gasteiger partial charge on any atom is -0.492 e. The molecule has 2 aromatic carbocycles. The van der Waals surface area contributed by atoms with Crippen LogP contribution in [0.4, 0.5) is 0 Å². The molecule has 1 amide bonds. The first kappa shape index (κ1) is 18.8. The first-order chi connectivity index (χ1) is 12.0. The van der Waals surface area contributed by atoms with E-state index in [-0.39, 0.29) is 5.91 Å². The fourth-order valence-electron chi connectivity index (χ4n) is 2.45. The van der Waals surface area contributed by atoms with Crippen LogP contribution in [-0.2, 0) is 11.2 Å². The topological polar surface area (TPSA) is 47.6 Å². The number of carbonyl (C=O) groups excluding carboxylic acids is 1. The van der Waals surface area contributed by atoms with Crippen LogP contribution in [0.1, 0.15) is 30.5 Å². The van der Waals surface area contributed by atoms with Crippen LogP contribution < -0.4 is 14.8 Å². The Morgan fingerprint density at radius 1 is 1.12 bits per heavy atom. The molecule has 4 heteroatoms. The lowest BCUT2D eigenvalue weighted by Gasteiger charge is -2.17. The molecule has 2 rings (SSSR count). The van der Waals surface area contributed by atoms with Crippen molar-refractivity contribution in [1.82, 2.24) is 5.32 Å². The van der Waals surface area contributed by atoms with Crippen molar-refractivity contribution in [2.24, 2.45) is 0 Å². The molecular formula is C21H27NO3. The molecule has 0 aliphatic carbocycles. The molecule has 2 aromatic rings. The molecular weight excluding hydrogens is 314 g/mol. The van der Waals surface area contributed by atoms with Crippen LogP contribution in [0.3, 0.4) is 0 Å². The first-order valence-electron chi connectivity index (χ1n) is 8.73. The molecule has 0 aromatic heterocycles. The monoisotopic (exact) mass is 341 g/mol. The summed E-state index contributed by atoms with van der Waals surface area (Å²) in [4.78, 5) is 12.2. The molecule has 0 fully saturated rings. The summed E-state index contributed by atoms with van der Waals surface area (Å²) in [5.74, 6) is 1.44.